The highest BCUT2D eigenvalue weighted by Gasteiger charge is 2.26. The van der Waals surface area contributed by atoms with Gasteiger partial charge in [-0.3, -0.25) is 10.2 Å². The summed E-state index contributed by atoms with van der Waals surface area (Å²) in [6, 6.07) is 11.1. The molecule has 3 rings (SSSR count). The second-order valence-electron chi connectivity index (χ2n) is 4.37. The van der Waals surface area contributed by atoms with Gasteiger partial charge >= 0.3 is 0 Å². The first-order chi connectivity index (χ1) is 9.66. The Morgan fingerprint density at radius 1 is 1.29 bits per heavy atom. The van der Waals surface area contributed by atoms with Crippen molar-refractivity contribution in [1.82, 2.24) is 0 Å². The van der Waals surface area contributed by atoms with Crippen molar-refractivity contribution in [1.29, 1.82) is 5.41 Å². The second-order valence-corrected chi connectivity index (χ2v) is 6.78. The predicted octanol–water partition coefficient (Wildman–Crippen LogP) is 3.21. The zero-order chi connectivity index (χ0) is 14.1. The number of amidine groups is 1. The van der Waals surface area contributed by atoms with Crippen molar-refractivity contribution in [2.75, 3.05) is 17.2 Å². The van der Waals surface area contributed by atoms with E-state index in [0.29, 0.717) is 12.1 Å². The first-order valence-electron chi connectivity index (χ1n) is 6.15. The van der Waals surface area contributed by atoms with Crippen molar-refractivity contribution >= 4 is 52.9 Å². The van der Waals surface area contributed by atoms with Crippen LogP contribution in [0.25, 0.3) is 0 Å². The van der Waals surface area contributed by atoms with Crippen LogP contribution < -0.4 is 10.6 Å². The van der Waals surface area contributed by atoms with Crippen LogP contribution in [0.2, 0.25) is 0 Å². The molecule has 3 N–H and O–H groups in total. The predicted molar refractivity (Wildman–Crippen MR) is 91.4 cm³/mol. The highest BCUT2D eigenvalue weighted by Crippen LogP contribution is 2.41. The number of nitrogens with two attached hydrogens (primary N) is 1. The Kier molecular flexibility index (Phi) is 4.92. The van der Waals surface area contributed by atoms with Gasteiger partial charge in [-0.05, 0) is 18.2 Å². The van der Waals surface area contributed by atoms with E-state index in [4.69, 9.17) is 11.1 Å². The fraction of sp³-hybridized carbons (Fsp3) is 0.143. The van der Waals surface area contributed by atoms with E-state index >= 15 is 0 Å². The molecule has 0 bridgehead atoms. The van der Waals surface area contributed by atoms with Gasteiger partial charge in [-0.15, -0.1) is 35.5 Å². The number of carbonyl (C=O) groups is 1. The monoisotopic (exact) mass is 339 g/mol. The number of amides is 1. The van der Waals surface area contributed by atoms with Gasteiger partial charge in [0.2, 0.25) is 0 Å². The average Bonchev–Trinajstić information content (AvgIpc) is 2.91. The van der Waals surface area contributed by atoms with Crippen molar-refractivity contribution in [3.05, 3.63) is 46.8 Å². The molecule has 2 heterocycles. The molecule has 1 aliphatic rings. The number of benzene rings is 1. The second kappa shape index (κ2) is 6.51. The number of thiophene rings is 1. The Morgan fingerprint density at radius 2 is 2.00 bits per heavy atom. The zero-order valence-corrected chi connectivity index (χ0v) is 13.5. The molecule has 0 unspecified atom stereocenters. The normalized spacial score (nSPS) is 13.2. The summed E-state index contributed by atoms with van der Waals surface area (Å²) in [5, 5.41) is 7.53. The third-order valence-electron chi connectivity index (χ3n) is 3.05. The summed E-state index contributed by atoms with van der Waals surface area (Å²) in [4.78, 5) is 15.1. The lowest BCUT2D eigenvalue weighted by Gasteiger charge is -2.26. The topological polar surface area (TPSA) is 70.2 Å². The summed E-state index contributed by atoms with van der Waals surface area (Å²) >= 11 is 3.20. The maximum absolute atomic E-state index is 12.6. The molecule has 0 spiro atoms. The van der Waals surface area contributed by atoms with Gasteiger partial charge in [0.05, 0.1) is 14.8 Å². The summed E-state index contributed by atoms with van der Waals surface area (Å²) < 4.78 is 1.06. The number of nitrogens with one attached hydrogen (secondary N) is 1. The van der Waals surface area contributed by atoms with Crippen LogP contribution >= 0.6 is 35.5 Å². The molecule has 110 valence electrons. The van der Waals surface area contributed by atoms with Crippen LogP contribution in [0.4, 0.5) is 5.69 Å². The molecule has 7 heteroatoms. The summed E-state index contributed by atoms with van der Waals surface area (Å²) in [6.07, 6.45) is 0. The molecule has 0 fully saturated rings. The third kappa shape index (κ3) is 3.07. The van der Waals surface area contributed by atoms with Gasteiger partial charge < -0.3 is 10.6 Å². The number of halogens is 1. The summed E-state index contributed by atoms with van der Waals surface area (Å²) in [5.41, 5.74) is 7.10. The van der Waals surface area contributed by atoms with E-state index in [-0.39, 0.29) is 24.1 Å². The molecule has 2 aromatic rings. The molecule has 21 heavy (non-hydrogen) atoms. The van der Waals surface area contributed by atoms with Crippen LogP contribution in [0.1, 0.15) is 15.2 Å². The van der Waals surface area contributed by atoms with Gasteiger partial charge in [-0.2, -0.15) is 0 Å². The fourth-order valence-electron chi connectivity index (χ4n) is 2.09. The highest BCUT2D eigenvalue weighted by atomic mass is 35.5. The highest BCUT2D eigenvalue weighted by molar-refractivity contribution is 8.01. The number of hydrogen-bond donors (Lipinski definition) is 2. The van der Waals surface area contributed by atoms with Crippen molar-refractivity contribution < 1.29 is 4.79 Å². The summed E-state index contributed by atoms with van der Waals surface area (Å²) in [6.45, 7) is 0.680. The van der Waals surface area contributed by atoms with Crippen LogP contribution in [0.15, 0.2) is 40.6 Å². The molecule has 0 atom stereocenters. The first kappa shape index (κ1) is 15.9. The van der Waals surface area contributed by atoms with Gasteiger partial charge in [0.1, 0.15) is 5.84 Å². The van der Waals surface area contributed by atoms with E-state index in [0.717, 1.165) is 20.5 Å². The van der Waals surface area contributed by atoms with Crippen molar-refractivity contribution in [3.63, 3.8) is 0 Å². The molecule has 0 saturated carbocycles. The Labute approximate surface area is 137 Å². The van der Waals surface area contributed by atoms with E-state index in [1.54, 1.807) is 16.7 Å². The van der Waals surface area contributed by atoms with Crippen molar-refractivity contribution in [3.8, 4) is 0 Å². The SMILES string of the molecule is Cl.N=C(N)c1cc2c(s1)SCCN2C(=O)c1ccccc1. The van der Waals surface area contributed by atoms with Gasteiger partial charge in [0, 0.05) is 17.9 Å². The third-order valence-corrected chi connectivity index (χ3v) is 5.46. The molecule has 4 nitrogen and oxygen atoms in total. The molecule has 1 amide bonds. The van der Waals surface area contributed by atoms with Crippen LogP contribution in [-0.4, -0.2) is 24.0 Å². The van der Waals surface area contributed by atoms with E-state index in [1.807, 2.05) is 36.4 Å². The average molecular weight is 340 g/mol. The number of anilines is 1. The number of hydrogen-bond acceptors (Lipinski definition) is 4. The van der Waals surface area contributed by atoms with Gasteiger partial charge in [0.15, 0.2) is 0 Å². The lowest BCUT2D eigenvalue weighted by molar-refractivity contribution is 0.0988. The van der Waals surface area contributed by atoms with Crippen molar-refractivity contribution in [2.24, 2.45) is 5.73 Å². The largest absolute Gasteiger partial charge is 0.383 e. The van der Waals surface area contributed by atoms with Crippen LogP contribution in [0.3, 0.4) is 0 Å². The first-order valence-corrected chi connectivity index (χ1v) is 7.95. The van der Waals surface area contributed by atoms with Gasteiger partial charge in [-0.25, -0.2) is 0 Å². The van der Waals surface area contributed by atoms with Crippen molar-refractivity contribution in [2.45, 2.75) is 4.21 Å². The van der Waals surface area contributed by atoms with E-state index in [1.165, 1.54) is 11.3 Å². The Bertz CT molecular complexity index is 672. The molecule has 1 aromatic carbocycles. The van der Waals surface area contributed by atoms with E-state index < -0.39 is 0 Å². The lowest BCUT2D eigenvalue weighted by Crippen LogP contribution is -2.34. The smallest absolute Gasteiger partial charge is 0.258 e. The number of nitrogens with zero attached hydrogens (tertiary/aromatic N) is 1. The van der Waals surface area contributed by atoms with Crippen LogP contribution in [-0.2, 0) is 0 Å². The van der Waals surface area contributed by atoms with E-state index in [2.05, 4.69) is 0 Å². The minimum atomic E-state index is 0. The standard InChI is InChI=1S/C14H13N3OS2.ClH/c15-12(16)11-8-10-14(20-11)19-7-6-17(10)13(18)9-4-2-1-3-5-9;/h1-5,8H,6-7H2,(H3,15,16);1H. The number of nitrogen functional groups attached to an aromatic ring is 1. The zero-order valence-electron chi connectivity index (χ0n) is 11.0. The molecule has 0 radical (unpaired) electrons. The minimum absolute atomic E-state index is 0. The molecule has 1 aliphatic heterocycles. The fourth-order valence-corrected chi connectivity index (χ4v) is 4.37. The van der Waals surface area contributed by atoms with Crippen LogP contribution in [0, 0.1) is 5.41 Å². The molecular weight excluding hydrogens is 326 g/mol. The molecule has 0 saturated heterocycles. The number of carbonyl (C=O) groups excluding carboxylic acids is 1. The quantitative estimate of drug-likeness (QED) is 0.652. The Hall–Kier alpha value is -1.50. The maximum Gasteiger partial charge on any atom is 0.258 e. The number of fused-ring (bicyclic) bond motifs is 1. The molecule has 1 aromatic heterocycles. The van der Waals surface area contributed by atoms with Gasteiger partial charge in [0.25, 0.3) is 5.91 Å². The molecule has 0 aliphatic carbocycles. The minimum Gasteiger partial charge on any atom is -0.383 e. The summed E-state index contributed by atoms with van der Waals surface area (Å²) in [7, 11) is 0. The summed E-state index contributed by atoms with van der Waals surface area (Å²) in [5.74, 6) is 0.917. The maximum atomic E-state index is 12.6. The van der Waals surface area contributed by atoms with Crippen LogP contribution in [0.5, 0.6) is 0 Å². The van der Waals surface area contributed by atoms with E-state index in [9.17, 15) is 4.79 Å². The lowest BCUT2D eigenvalue weighted by atomic mass is 10.2. The Morgan fingerprint density at radius 3 is 2.67 bits per heavy atom. The number of thioether (sulfide) groups is 1. The Balaban J connectivity index is 0.00000161. The molecular formula is C14H14ClN3OS2. The number of rotatable bonds is 2. The van der Waals surface area contributed by atoms with Gasteiger partial charge in [-0.1, -0.05) is 18.2 Å².